The highest BCUT2D eigenvalue weighted by atomic mass is 32.1. The Bertz CT molecular complexity index is 321. The lowest BCUT2D eigenvalue weighted by molar-refractivity contribution is -0.143. The third-order valence-electron chi connectivity index (χ3n) is 1.55. The van der Waals surface area contributed by atoms with Crippen molar-refractivity contribution in [1.82, 2.24) is 5.73 Å². The molecule has 14 heavy (non-hydrogen) atoms. The van der Waals surface area contributed by atoms with Gasteiger partial charge in [-0.25, -0.2) is 10.5 Å². The number of carbonyl (C=O) groups excluding carboxylic acids is 2. The van der Waals surface area contributed by atoms with Gasteiger partial charge >= 0.3 is 5.97 Å². The fraction of sp³-hybridized carbons (Fsp3) is 0.333. The molecule has 0 bridgehead atoms. The zero-order valence-electron chi connectivity index (χ0n) is 7.65. The number of Topliss-reactive ketones (excluding diaryl/α,β-unsaturated/α-hetero) is 1. The van der Waals surface area contributed by atoms with E-state index in [-0.39, 0.29) is 6.61 Å². The summed E-state index contributed by atoms with van der Waals surface area (Å²) in [7, 11) is 0. The Morgan fingerprint density at radius 1 is 1.64 bits per heavy atom. The molecular formula is C9H10NO3S. The number of carbonyl (C=O) groups is 2. The van der Waals surface area contributed by atoms with Crippen LogP contribution >= 0.6 is 11.3 Å². The molecule has 1 radical (unpaired) electrons. The van der Waals surface area contributed by atoms with E-state index >= 15 is 0 Å². The lowest BCUT2D eigenvalue weighted by atomic mass is 10.2. The molecule has 0 aliphatic carbocycles. The molecule has 1 aromatic heterocycles. The first kappa shape index (κ1) is 10.9. The quantitative estimate of drug-likeness (QED) is 0.427. The third-order valence-corrected chi connectivity index (χ3v) is 2.43. The largest absolute Gasteiger partial charge is 0.464 e. The average Bonchev–Trinajstić information content (AvgIpc) is 2.68. The first-order valence-electron chi connectivity index (χ1n) is 4.12. The molecule has 0 saturated heterocycles. The van der Waals surface area contributed by atoms with Crippen molar-refractivity contribution in [1.29, 1.82) is 0 Å². The van der Waals surface area contributed by atoms with Gasteiger partial charge in [0.1, 0.15) is 0 Å². The molecule has 1 heterocycles. The maximum atomic E-state index is 11.4. The van der Waals surface area contributed by atoms with Gasteiger partial charge in [0.05, 0.1) is 11.5 Å². The minimum Gasteiger partial charge on any atom is -0.464 e. The highest BCUT2D eigenvalue weighted by Gasteiger charge is 2.25. The van der Waals surface area contributed by atoms with E-state index in [9.17, 15) is 9.59 Å². The van der Waals surface area contributed by atoms with Crippen LogP contribution in [-0.4, -0.2) is 24.4 Å². The minimum atomic E-state index is -1.45. The van der Waals surface area contributed by atoms with Gasteiger partial charge in [0.15, 0.2) is 6.04 Å². The number of thiophene rings is 1. The van der Waals surface area contributed by atoms with Crippen LogP contribution in [0.25, 0.3) is 0 Å². The maximum absolute atomic E-state index is 11.4. The predicted molar refractivity (Wildman–Crippen MR) is 52.2 cm³/mol. The van der Waals surface area contributed by atoms with E-state index < -0.39 is 17.8 Å². The van der Waals surface area contributed by atoms with Crippen LogP contribution in [0, 0.1) is 0 Å². The van der Waals surface area contributed by atoms with Crippen molar-refractivity contribution in [2.24, 2.45) is 0 Å². The van der Waals surface area contributed by atoms with Crippen LogP contribution in [0.3, 0.4) is 0 Å². The molecule has 0 spiro atoms. The Hall–Kier alpha value is -1.20. The molecule has 1 rings (SSSR count). The number of nitrogens with one attached hydrogen (secondary N) is 1. The van der Waals surface area contributed by atoms with Crippen molar-refractivity contribution in [2.75, 3.05) is 6.61 Å². The minimum absolute atomic E-state index is 0.186. The fourth-order valence-electron chi connectivity index (χ4n) is 0.894. The van der Waals surface area contributed by atoms with Crippen molar-refractivity contribution >= 4 is 23.1 Å². The van der Waals surface area contributed by atoms with E-state index in [1.165, 1.54) is 11.3 Å². The molecular weight excluding hydrogens is 202 g/mol. The molecule has 1 N–H and O–H groups in total. The number of ether oxygens (including phenoxy) is 1. The Morgan fingerprint density at radius 3 is 2.86 bits per heavy atom. The van der Waals surface area contributed by atoms with Gasteiger partial charge in [0, 0.05) is 0 Å². The summed E-state index contributed by atoms with van der Waals surface area (Å²) in [4.78, 5) is 22.9. The zero-order valence-corrected chi connectivity index (χ0v) is 8.47. The van der Waals surface area contributed by atoms with Gasteiger partial charge in [-0.15, -0.1) is 11.3 Å². The highest BCUT2D eigenvalue weighted by molar-refractivity contribution is 7.12. The average molecular weight is 212 g/mol. The van der Waals surface area contributed by atoms with Gasteiger partial charge < -0.3 is 4.74 Å². The molecule has 4 nitrogen and oxygen atoms in total. The number of hydrogen-bond donors (Lipinski definition) is 0. The van der Waals surface area contributed by atoms with Crippen molar-refractivity contribution in [2.45, 2.75) is 13.0 Å². The summed E-state index contributed by atoms with van der Waals surface area (Å²) in [5.41, 5.74) is 7.35. The zero-order chi connectivity index (χ0) is 10.6. The topological polar surface area (TPSA) is 67.2 Å². The fourth-order valence-corrected chi connectivity index (χ4v) is 1.59. The second-order valence-corrected chi connectivity index (χ2v) is 3.47. The lowest BCUT2D eigenvalue weighted by Gasteiger charge is -2.06. The van der Waals surface area contributed by atoms with Gasteiger partial charge in [-0.1, -0.05) is 6.07 Å². The van der Waals surface area contributed by atoms with Crippen molar-refractivity contribution in [3.05, 3.63) is 22.4 Å². The Labute approximate surface area is 85.7 Å². The van der Waals surface area contributed by atoms with Gasteiger partial charge in [0.2, 0.25) is 5.78 Å². The van der Waals surface area contributed by atoms with E-state index in [2.05, 4.69) is 4.74 Å². The molecule has 1 aromatic rings. The van der Waals surface area contributed by atoms with E-state index in [4.69, 9.17) is 5.73 Å². The van der Waals surface area contributed by atoms with E-state index in [0.29, 0.717) is 4.88 Å². The normalized spacial score (nSPS) is 12.1. The molecule has 0 saturated carbocycles. The first-order valence-corrected chi connectivity index (χ1v) is 5.00. The molecule has 0 aliphatic rings. The number of hydrogen-bond acceptors (Lipinski definition) is 4. The molecule has 0 aliphatic heterocycles. The lowest BCUT2D eigenvalue weighted by Crippen LogP contribution is -2.32. The Balaban J connectivity index is 2.66. The Kier molecular flexibility index (Phi) is 3.79. The van der Waals surface area contributed by atoms with Gasteiger partial charge in [-0.2, -0.15) is 0 Å². The first-order chi connectivity index (χ1) is 6.66. The SMILES string of the molecule is CCOC(=O)C([NH])C(=O)c1cccs1. The van der Waals surface area contributed by atoms with Crippen molar-refractivity contribution < 1.29 is 14.3 Å². The number of esters is 1. The van der Waals surface area contributed by atoms with Crippen LogP contribution < -0.4 is 5.73 Å². The van der Waals surface area contributed by atoms with Crippen LogP contribution in [0.5, 0.6) is 0 Å². The van der Waals surface area contributed by atoms with E-state index in [1.807, 2.05) is 0 Å². The van der Waals surface area contributed by atoms with Crippen LogP contribution in [0.1, 0.15) is 16.6 Å². The number of rotatable bonds is 4. The summed E-state index contributed by atoms with van der Waals surface area (Å²) < 4.78 is 4.58. The summed E-state index contributed by atoms with van der Waals surface area (Å²) in [6.07, 6.45) is 0. The second-order valence-electron chi connectivity index (χ2n) is 2.53. The standard InChI is InChI=1S/C9H10NO3S/c1-2-13-9(12)7(10)8(11)6-4-3-5-14-6/h3-5,7,10H,2H2,1H3. The summed E-state index contributed by atoms with van der Waals surface area (Å²) in [5.74, 6) is -1.29. The molecule has 0 fully saturated rings. The molecule has 1 atom stereocenters. The second kappa shape index (κ2) is 4.88. The Morgan fingerprint density at radius 2 is 2.36 bits per heavy atom. The third kappa shape index (κ3) is 2.40. The molecule has 5 heteroatoms. The van der Waals surface area contributed by atoms with Crippen LogP contribution in [0.4, 0.5) is 0 Å². The highest BCUT2D eigenvalue weighted by Crippen LogP contribution is 2.11. The van der Waals surface area contributed by atoms with E-state index in [0.717, 1.165) is 0 Å². The van der Waals surface area contributed by atoms with Crippen molar-refractivity contribution in [3.8, 4) is 0 Å². The van der Waals surface area contributed by atoms with Gasteiger partial charge in [-0.3, -0.25) is 4.79 Å². The summed E-state index contributed by atoms with van der Waals surface area (Å²) >= 11 is 1.22. The maximum Gasteiger partial charge on any atom is 0.332 e. The van der Waals surface area contributed by atoms with Gasteiger partial charge in [-0.05, 0) is 18.4 Å². The molecule has 1 unspecified atom stereocenters. The summed E-state index contributed by atoms with van der Waals surface area (Å²) in [6, 6.07) is 1.84. The van der Waals surface area contributed by atoms with Gasteiger partial charge in [0.25, 0.3) is 0 Å². The van der Waals surface area contributed by atoms with Crippen LogP contribution in [-0.2, 0) is 9.53 Å². The monoisotopic (exact) mass is 212 g/mol. The molecule has 75 valence electrons. The summed E-state index contributed by atoms with van der Waals surface area (Å²) in [6.45, 7) is 1.83. The smallest absolute Gasteiger partial charge is 0.332 e. The van der Waals surface area contributed by atoms with Crippen molar-refractivity contribution in [3.63, 3.8) is 0 Å². The predicted octanol–water partition coefficient (Wildman–Crippen LogP) is 1.15. The molecule has 0 amide bonds. The number of ketones is 1. The summed E-state index contributed by atoms with van der Waals surface area (Å²) in [5, 5.41) is 1.73. The van der Waals surface area contributed by atoms with E-state index in [1.54, 1.807) is 24.4 Å². The molecule has 0 aromatic carbocycles. The van der Waals surface area contributed by atoms with Crippen LogP contribution in [0.15, 0.2) is 17.5 Å². The van der Waals surface area contributed by atoms with Crippen LogP contribution in [0.2, 0.25) is 0 Å².